The van der Waals surface area contributed by atoms with Gasteiger partial charge in [0.1, 0.15) is 11.3 Å². The lowest BCUT2D eigenvalue weighted by Gasteiger charge is -2.14. The minimum absolute atomic E-state index is 0.0235. The maximum atomic E-state index is 12.8. The summed E-state index contributed by atoms with van der Waals surface area (Å²) in [5, 5.41) is 7.71. The zero-order chi connectivity index (χ0) is 18.3. The monoisotopic (exact) mass is 443 g/mol. The summed E-state index contributed by atoms with van der Waals surface area (Å²) in [5.41, 5.74) is 0.510. The van der Waals surface area contributed by atoms with Gasteiger partial charge in [-0.1, -0.05) is 16.8 Å². The molecule has 1 aromatic carbocycles. The molecule has 3 aromatic rings. The summed E-state index contributed by atoms with van der Waals surface area (Å²) in [6, 6.07) is 3.21. The normalized spacial score (nSPS) is 12.5. The molecule has 25 heavy (non-hydrogen) atoms. The fourth-order valence-corrected chi connectivity index (χ4v) is 4.37. The Morgan fingerprint density at radius 2 is 2.16 bits per heavy atom. The molecule has 0 spiro atoms. The van der Waals surface area contributed by atoms with Crippen LogP contribution in [0.1, 0.15) is 28.7 Å². The Morgan fingerprint density at radius 3 is 2.76 bits per heavy atom. The molecule has 2 heterocycles. The number of carbonyl (C=O) groups is 1. The van der Waals surface area contributed by atoms with E-state index in [1.807, 2.05) is 0 Å². The van der Waals surface area contributed by atoms with Crippen molar-refractivity contribution in [1.82, 2.24) is 15.3 Å². The molecule has 2 aromatic heterocycles. The van der Waals surface area contributed by atoms with Crippen LogP contribution in [0.4, 0.5) is 0 Å². The molecule has 1 N–H and O–H groups in total. The number of aromatic nitrogens is 3. The van der Waals surface area contributed by atoms with Crippen LogP contribution < -0.4 is 5.43 Å². The largest absolute Gasteiger partial charge is 0.610 e. The molecule has 0 saturated heterocycles. The zero-order valence-electron chi connectivity index (χ0n) is 13.1. The molecule has 130 valence electrons. The van der Waals surface area contributed by atoms with E-state index in [4.69, 9.17) is 11.6 Å². The van der Waals surface area contributed by atoms with Crippen LogP contribution >= 0.6 is 27.5 Å². The summed E-state index contributed by atoms with van der Waals surface area (Å²) in [7, 11) is 0. The van der Waals surface area contributed by atoms with Crippen LogP contribution in [0.25, 0.3) is 10.9 Å². The fraction of sp³-hybridized carbons (Fsp3) is 0.200. The lowest BCUT2D eigenvalue weighted by molar-refractivity contribution is 0.101. The van der Waals surface area contributed by atoms with Crippen molar-refractivity contribution in [1.29, 1.82) is 0 Å². The van der Waals surface area contributed by atoms with Crippen molar-refractivity contribution in [2.75, 3.05) is 0 Å². The first kappa shape index (κ1) is 18.1. The third-order valence-corrected chi connectivity index (χ3v) is 5.89. The van der Waals surface area contributed by atoms with Gasteiger partial charge in [-0.2, -0.15) is 0 Å². The van der Waals surface area contributed by atoms with E-state index >= 15 is 0 Å². The smallest absolute Gasteiger partial charge is 0.238 e. The number of H-pyrrole nitrogens is 1. The average Bonchev–Trinajstić information content (AvgIpc) is 2.95. The highest BCUT2D eigenvalue weighted by Crippen LogP contribution is 2.29. The van der Waals surface area contributed by atoms with Gasteiger partial charge in [0.05, 0.1) is 15.9 Å². The van der Waals surface area contributed by atoms with Gasteiger partial charge in [-0.05, 0) is 47.1 Å². The molecule has 7 nitrogen and oxygen atoms in total. The van der Waals surface area contributed by atoms with Crippen molar-refractivity contribution in [3.8, 4) is 0 Å². The molecule has 0 bridgehead atoms. The van der Waals surface area contributed by atoms with Gasteiger partial charge in [0.15, 0.2) is 17.2 Å². The number of ketones is 1. The van der Waals surface area contributed by atoms with Gasteiger partial charge in [0.2, 0.25) is 10.5 Å². The Hall–Kier alpha value is -1.68. The standard InChI is InChI=1S/C15H11BrClN3O4S/c1-6-10(20-24-19-6)5-25(23)15-11(7(2)21)14(22)12-9(17)4-3-8(16)13(12)18-15/h3-4H,5H2,1-2H3,(H,18,22). The Labute approximate surface area is 158 Å². The van der Waals surface area contributed by atoms with Gasteiger partial charge in [-0.15, -0.1) is 0 Å². The highest BCUT2D eigenvalue weighted by Gasteiger charge is 2.28. The molecule has 0 saturated carbocycles. The molecule has 0 aliphatic rings. The van der Waals surface area contributed by atoms with Gasteiger partial charge in [-0.3, -0.25) is 9.59 Å². The van der Waals surface area contributed by atoms with E-state index in [1.165, 1.54) is 6.92 Å². The van der Waals surface area contributed by atoms with Gasteiger partial charge in [0, 0.05) is 15.6 Å². The molecule has 1 atom stereocenters. The number of carbonyl (C=O) groups excluding carboxylic acids is 1. The van der Waals surface area contributed by atoms with Gasteiger partial charge >= 0.3 is 0 Å². The maximum absolute atomic E-state index is 12.8. The number of hydrogen-bond acceptors (Lipinski definition) is 6. The highest BCUT2D eigenvalue weighted by molar-refractivity contribution is 9.10. The number of halogens is 2. The van der Waals surface area contributed by atoms with Crippen molar-refractivity contribution >= 4 is 55.4 Å². The zero-order valence-corrected chi connectivity index (χ0v) is 16.2. The molecule has 0 radical (unpaired) electrons. The van der Waals surface area contributed by atoms with Crippen molar-refractivity contribution in [2.45, 2.75) is 24.6 Å². The van der Waals surface area contributed by atoms with Crippen molar-refractivity contribution in [3.05, 3.63) is 48.8 Å². The number of fused-ring (bicyclic) bond motifs is 1. The molecule has 0 aliphatic carbocycles. The average molecular weight is 445 g/mol. The third kappa shape index (κ3) is 3.24. The first-order valence-electron chi connectivity index (χ1n) is 7.02. The number of aromatic amines is 1. The number of nitrogens with zero attached hydrogens (tertiary/aromatic N) is 2. The summed E-state index contributed by atoms with van der Waals surface area (Å²) in [6.45, 7) is 2.90. The number of pyridine rings is 1. The number of nitrogens with one attached hydrogen (secondary N) is 1. The van der Waals surface area contributed by atoms with Crippen molar-refractivity contribution < 1.29 is 14.0 Å². The van der Waals surface area contributed by atoms with Crippen LogP contribution in [-0.2, 0) is 16.9 Å². The molecule has 0 amide bonds. The van der Waals surface area contributed by atoms with E-state index in [9.17, 15) is 14.1 Å². The van der Waals surface area contributed by atoms with E-state index in [2.05, 4.69) is 35.9 Å². The Bertz CT molecular complexity index is 1050. The first-order valence-corrected chi connectivity index (χ1v) is 9.51. The topological polar surface area (TPSA) is 112 Å². The van der Waals surface area contributed by atoms with Crippen LogP contribution in [0.3, 0.4) is 0 Å². The maximum Gasteiger partial charge on any atom is 0.238 e. The Morgan fingerprint density at radius 1 is 1.44 bits per heavy atom. The van der Waals surface area contributed by atoms with Gasteiger partial charge in [0.25, 0.3) is 0 Å². The quantitative estimate of drug-likeness (QED) is 0.489. The summed E-state index contributed by atoms with van der Waals surface area (Å²) < 4.78 is 18.0. The second-order valence-corrected chi connectivity index (χ2v) is 7.93. The third-order valence-electron chi connectivity index (χ3n) is 3.62. The van der Waals surface area contributed by atoms with E-state index in [1.54, 1.807) is 19.1 Å². The predicted octanol–water partition coefficient (Wildman–Crippen LogP) is 3.15. The Kier molecular flexibility index (Phi) is 5.01. The molecular formula is C15H11BrClN3O4S. The summed E-state index contributed by atoms with van der Waals surface area (Å²) >= 11 is 7.71. The lowest BCUT2D eigenvalue weighted by Crippen LogP contribution is -2.22. The highest BCUT2D eigenvalue weighted by atomic mass is 79.9. The van der Waals surface area contributed by atoms with E-state index in [0.29, 0.717) is 21.4 Å². The summed E-state index contributed by atoms with van der Waals surface area (Å²) in [6.07, 6.45) is 0. The SMILES string of the molecule is CC(=O)c1c([S+]([O-])Cc2nonc2C)[nH]c2c(Br)ccc(Cl)c2c1=O. The molecule has 0 aliphatic heterocycles. The van der Waals surface area contributed by atoms with Crippen LogP contribution in [0.5, 0.6) is 0 Å². The first-order chi connectivity index (χ1) is 11.8. The van der Waals surface area contributed by atoms with Crippen LogP contribution in [0.15, 0.2) is 31.1 Å². The second-order valence-electron chi connectivity index (χ2n) is 5.28. The van der Waals surface area contributed by atoms with E-state index in [0.717, 1.165) is 0 Å². The number of rotatable bonds is 4. The fourth-order valence-electron chi connectivity index (χ4n) is 2.37. The molecule has 0 fully saturated rings. The molecular weight excluding hydrogens is 434 g/mol. The van der Waals surface area contributed by atoms with Crippen LogP contribution in [0.2, 0.25) is 5.02 Å². The number of hydrogen-bond donors (Lipinski definition) is 1. The Balaban J connectivity index is 2.25. The number of Topliss-reactive ketones (excluding diaryl/α,β-unsaturated/α-hetero) is 1. The van der Waals surface area contributed by atoms with Gasteiger partial charge < -0.3 is 9.54 Å². The lowest BCUT2D eigenvalue weighted by atomic mass is 10.1. The minimum atomic E-state index is -1.74. The molecule has 10 heteroatoms. The predicted molar refractivity (Wildman–Crippen MR) is 96.4 cm³/mol. The van der Waals surface area contributed by atoms with Crippen LogP contribution in [-0.4, -0.2) is 25.6 Å². The summed E-state index contributed by atoms with van der Waals surface area (Å²) in [4.78, 5) is 27.8. The number of benzene rings is 1. The minimum Gasteiger partial charge on any atom is -0.610 e. The summed E-state index contributed by atoms with van der Waals surface area (Å²) in [5.74, 6) is -0.549. The van der Waals surface area contributed by atoms with Crippen molar-refractivity contribution in [3.63, 3.8) is 0 Å². The van der Waals surface area contributed by atoms with E-state index in [-0.39, 0.29) is 26.8 Å². The molecule has 1 unspecified atom stereocenters. The number of aryl methyl sites for hydroxylation is 1. The molecule has 3 rings (SSSR count). The van der Waals surface area contributed by atoms with E-state index < -0.39 is 22.4 Å². The van der Waals surface area contributed by atoms with Crippen molar-refractivity contribution in [2.24, 2.45) is 0 Å². The van der Waals surface area contributed by atoms with Gasteiger partial charge in [-0.25, -0.2) is 4.63 Å². The van der Waals surface area contributed by atoms with Crippen LogP contribution in [0, 0.1) is 6.92 Å². The second kappa shape index (κ2) is 6.91.